The molecule has 4 rings (SSSR count). The maximum absolute atomic E-state index is 13.9. The van der Waals surface area contributed by atoms with Crippen LogP contribution in [0, 0.1) is 18.6 Å². The lowest BCUT2D eigenvalue weighted by molar-refractivity contribution is -0.129. The van der Waals surface area contributed by atoms with Crippen LogP contribution < -0.4 is 15.6 Å². The first-order valence-electron chi connectivity index (χ1n) is 11.7. The van der Waals surface area contributed by atoms with E-state index in [1.807, 2.05) is 0 Å². The van der Waals surface area contributed by atoms with E-state index in [-0.39, 0.29) is 34.5 Å². The predicted molar refractivity (Wildman–Crippen MR) is 135 cm³/mol. The molecule has 0 unspecified atom stereocenters. The van der Waals surface area contributed by atoms with Crippen molar-refractivity contribution < 1.29 is 27.8 Å². The van der Waals surface area contributed by atoms with Gasteiger partial charge in [-0.3, -0.25) is 19.0 Å². The molecule has 1 saturated heterocycles. The molecular weight excluding hydrogens is 522 g/mol. The second-order valence-electron chi connectivity index (χ2n) is 8.70. The van der Waals surface area contributed by atoms with Crippen molar-refractivity contribution in [2.45, 2.75) is 26.0 Å². The first-order chi connectivity index (χ1) is 18.2. The van der Waals surface area contributed by atoms with Gasteiger partial charge in [-0.25, -0.2) is 13.8 Å². The molecule has 38 heavy (non-hydrogen) atoms. The molecule has 12 heteroatoms. The molecule has 2 amide bonds. The van der Waals surface area contributed by atoms with Crippen LogP contribution in [0.3, 0.4) is 0 Å². The molecule has 1 N–H and O–H groups in total. The molecule has 0 bridgehead atoms. The highest BCUT2D eigenvalue weighted by molar-refractivity contribution is 6.31. The lowest BCUT2D eigenvalue weighted by Crippen LogP contribution is -2.42. The third-order valence-corrected chi connectivity index (χ3v) is 6.49. The standard InChI is InChI=1S/C26H25ClF2N4O5/c1-15-3-4-16(23(34)31-20-7-8-32(25(20)35)9-10-37-2)11-21(15)33-14-30-24(22(27)26(33)36)38-13-17-5-6-18(28)12-19(17)29/h3-6,11-12,14,20H,7-10,13H2,1-2H3,(H,31,34)/t20-/m0/s1. The van der Waals surface area contributed by atoms with Crippen LogP contribution in [0.2, 0.25) is 5.02 Å². The molecule has 1 fully saturated rings. The fourth-order valence-corrected chi connectivity index (χ4v) is 4.22. The van der Waals surface area contributed by atoms with E-state index in [9.17, 15) is 23.2 Å². The fraction of sp³-hybridized carbons (Fsp3) is 0.308. The van der Waals surface area contributed by atoms with Crippen molar-refractivity contribution in [1.29, 1.82) is 0 Å². The number of benzene rings is 2. The number of ether oxygens (including phenoxy) is 2. The summed E-state index contributed by atoms with van der Waals surface area (Å²) >= 11 is 6.21. The number of halogens is 3. The number of methoxy groups -OCH3 is 1. The monoisotopic (exact) mass is 546 g/mol. The van der Waals surface area contributed by atoms with Crippen molar-refractivity contribution in [2.75, 3.05) is 26.8 Å². The minimum atomic E-state index is -0.804. The Balaban J connectivity index is 1.51. The smallest absolute Gasteiger partial charge is 0.280 e. The number of nitrogens with one attached hydrogen (secondary N) is 1. The van der Waals surface area contributed by atoms with E-state index < -0.39 is 29.1 Å². The van der Waals surface area contributed by atoms with Crippen LogP contribution in [-0.2, 0) is 16.1 Å². The molecule has 1 aromatic heterocycles. The predicted octanol–water partition coefficient (Wildman–Crippen LogP) is 3.03. The van der Waals surface area contributed by atoms with E-state index in [2.05, 4.69) is 10.3 Å². The summed E-state index contributed by atoms with van der Waals surface area (Å²) in [6.45, 7) is 2.80. The zero-order valence-electron chi connectivity index (χ0n) is 20.7. The molecular formula is C26H25ClF2N4O5. The largest absolute Gasteiger partial charge is 0.471 e. The number of hydrogen-bond acceptors (Lipinski definition) is 6. The van der Waals surface area contributed by atoms with Crippen molar-refractivity contribution in [1.82, 2.24) is 19.8 Å². The van der Waals surface area contributed by atoms with Gasteiger partial charge in [0.1, 0.15) is 30.6 Å². The van der Waals surface area contributed by atoms with E-state index in [1.54, 1.807) is 31.1 Å². The van der Waals surface area contributed by atoms with Crippen molar-refractivity contribution in [2.24, 2.45) is 0 Å². The summed E-state index contributed by atoms with van der Waals surface area (Å²) in [6.07, 6.45) is 1.66. The topological polar surface area (TPSA) is 103 Å². The van der Waals surface area contributed by atoms with Crippen LogP contribution in [0.5, 0.6) is 5.88 Å². The van der Waals surface area contributed by atoms with Crippen LogP contribution >= 0.6 is 11.6 Å². The number of hydrogen-bond donors (Lipinski definition) is 1. The third kappa shape index (κ3) is 5.84. The molecule has 2 heterocycles. The number of carbonyl (C=O) groups is 2. The normalized spacial score (nSPS) is 15.1. The maximum Gasteiger partial charge on any atom is 0.280 e. The van der Waals surface area contributed by atoms with Gasteiger partial charge >= 0.3 is 0 Å². The number of aryl methyl sites for hydroxylation is 1. The minimum Gasteiger partial charge on any atom is -0.471 e. The van der Waals surface area contributed by atoms with E-state index in [0.717, 1.165) is 16.7 Å². The first-order valence-corrected chi connectivity index (χ1v) is 12.1. The molecule has 9 nitrogen and oxygen atoms in total. The SMILES string of the molecule is COCCN1CC[C@H](NC(=O)c2ccc(C)c(-n3cnc(OCc4ccc(F)cc4F)c(Cl)c3=O)c2)C1=O. The lowest BCUT2D eigenvalue weighted by atomic mass is 10.1. The summed E-state index contributed by atoms with van der Waals surface area (Å²) in [5, 5.41) is 2.40. The highest BCUT2D eigenvalue weighted by Crippen LogP contribution is 2.22. The summed E-state index contributed by atoms with van der Waals surface area (Å²) in [4.78, 5) is 44.2. The molecule has 2 aromatic carbocycles. The Morgan fingerprint density at radius 2 is 2.00 bits per heavy atom. The molecule has 1 atom stereocenters. The zero-order valence-corrected chi connectivity index (χ0v) is 21.4. The highest BCUT2D eigenvalue weighted by atomic mass is 35.5. The van der Waals surface area contributed by atoms with E-state index in [4.69, 9.17) is 21.1 Å². The lowest BCUT2D eigenvalue weighted by Gasteiger charge is -2.17. The van der Waals surface area contributed by atoms with Gasteiger partial charge in [0.15, 0.2) is 5.02 Å². The Morgan fingerprint density at radius 3 is 2.74 bits per heavy atom. The Labute approximate surface area is 221 Å². The molecule has 1 aliphatic heterocycles. The molecule has 3 aromatic rings. The zero-order chi connectivity index (χ0) is 27.4. The van der Waals surface area contributed by atoms with Gasteiger partial charge in [0.25, 0.3) is 11.5 Å². The van der Waals surface area contributed by atoms with Gasteiger partial charge in [-0.05, 0) is 43.2 Å². The van der Waals surface area contributed by atoms with Crippen LogP contribution in [-0.4, -0.2) is 59.1 Å². The number of likely N-dealkylation sites (tertiary alicyclic amines) is 1. The van der Waals surface area contributed by atoms with Crippen LogP contribution in [0.1, 0.15) is 27.9 Å². The number of aromatic nitrogens is 2. The number of amides is 2. The van der Waals surface area contributed by atoms with Gasteiger partial charge in [0.2, 0.25) is 11.8 Å². The Bertz CT molecular complexity index is 1430. The number of rotatable bonds is 9. The van der Waals surface area contributed by atoms with Gasteiger partial charge in [0, 0.05) is 37.4 Å². The molecule has 0 spiro atoms. The molecule has 0 radical (unpaired) electrons. The second-order valence-corrected chi connectivity index (χ2v) is 9.08. The van der Waals surface area contributed by atoms with Crippen LogP contribution in [0.4, 0.5) is 8.78 Å². The Kier molecular flexibility index (Phi) is 8.38. The van der Waals surface area contributed by atoms with Gasteiger partial charge in [0.05, 0.1) is 12.3 Å². The van der Waals surface area contributed by atoms with Gasteiger partial charge in [-0.15, -0.1) is 0 Å². The maximum atomic E-state index is 13.9. The molecule has 0 aliphatic carbocycles. The third-order valence-electron chi connectivity index (χ3n) is 6.16. The first kappa shape index (κ1) is 27.2. The van der Waals surface area contributed by atoms with Crippen LogP contribution in [0.25, 0.3) is 5.69 Å². The average Bonchev–Trinajstić information content (AvgIpc) is 3.23. The summed E-state index contributed by atoms with van der Waals surface area (Å²) in [6, 6.07) is 7.12. The van der Waals surface area contributed by atoms with Crippen molar-refractivity contribution >= 4 is 23.4 Å². The van der Waals surface area contributed by atoms with Crippen molar-refractivity contribution in [3.8, 4) is 11.6 Å². The van der Waals surface area contributed by atoms with Crippen LogP contribution in [0.15, 0.2) is 47.5 Å². The second kappa shape index (κ2) is 11.7. The number of carbonyl (C=O) groups excluding carboxylic acids is 2. The molecule has 200 valence electrons. The van der Waals surface area contributed by atoms with Gasteiger partial charge in [-0.2, -0.15) is 0 Å². The van der Waals surface area contributed by atoms with Crippen molar-refractivity contribution in [3.63, 3.8) is 0 Å². The quantitative estimate of drug-likeness (QED) is 0.443. The average molecular weight is 547 g/mol. The molecule has 1 aliphatic rings. The van der Waals surface area contributed by atoms with Crippen molar-refractivity contribution in [3.05, 3.63) is 86.4 Å². The fourth-order valence-electron chi connectivity index (χ4n) is 4.02. The van der Waals surface area contributed by atoms with Gasteiger partial charge < -0.3 is 19.7 Å². The summed E-state index contributed by atoms with van der Waals surface area (Å²) in [7, 11) is 1.55. The number of nitrogens with zero attached hydrogens (tertiary/aromatic N) is 3. The Hall–Kier alpha value is -3.83. The van der Waals surface area contributed by atoms with E-state index in [1.165, 1.54) is 18.5 Å². The summed E-state index contributed by atoms with van der Waals surface area (Å²) in [5.74, 6) is -2.39. The van der Waals surface area contributed by atoms with E-state index in [0.29, 0.717) is 37.4 Å². The Morgan fingerprint density at radius 1 is 1.21 bits per heavy atom. The highest BCUT2D eigenvalue weighted by Gasteiger charge is 2.32. The van der Waals surface area contributed by atoms with E-state index >= 15 is 0 Å². The summed E-state index contributed by atoms with van der Waals surface area (Å²) < 4.78 is 38.6. The molecule has 0 saturated carbocycles. The van der Waals surface area contributed by atoms with Gasteiger partial charge in [-0.1, -0.05) is 17.7 Å². The summed E-state index contributed by atoms with van der Waals surface area (Å²) in [5.41, 5.74) is 0.644. The minimum absolute atomic E-state index is 0.0607.